The Morgan fingerprint density at radius 1 is 1.06 bits per heavy atom. The number of ether oxygens (including phenoxy) is 2. The van der Waals surface area contributed by atoms with Gasteiger partial charge in [-0.2, -0.15) is 0 Å². The quantitative estimate of drug-likeness (QED) is 0.733. The van der Waals surface area contributed by atoms with Crippen LogP contribution in [0.1, 0.15) is 46.1 Å². The number of carbonyl (C=O) groups excluding carboxylic acids is 1. The second-order valence-corrected chi connectivity index (χ2v) is 10.6. The fourth-order valence-corrected chi connectivity index (χ4v) is 6.37. The maximum Gasteiger partial charge on any atom is 0.343 e. The van der Waals surface area contributed by atoms with E-state index in [4.69, 9.17) is 13.9 Å². The lowest BCUT2D eigenvalue weighted by Crippen LogP contribution is -2.71. The molecular formula is C27H30O6. The average molecular weight is 451 g/mol. The van der Waals surface area contributed by atoms with E-state index in [1.165, 1.54) is 0 Å². The van der Waals surface area contributed by atoms with Gasteiger partial charge in [-0.05, 0) is 70.4 Å². The molecule has 6 nitrogen and oxygen atoms in total. The molecule has 1 aromatic carbocycles. The van der Waals surface area contributed by atoms with Crippen LogP contribution in [-0.4, -0.2) is 29.2 Å². The van der Waals surface area contributed by atoms with Crippen LogP contribution < -0.4 is 15.1 Å². The van der Waals surface area contributed by atoms with Crippen LogP contribution in [0, 0.1) is 16.7 Å². The summed E-state index contributed by atoms with van der Waals surface area (Å²) in [6.07, 6.45) is 4.84. The van der Waals surface area contributed by atoms with E-state index in [0.717, 1.165) is 11.3 Å². The van der Waals surface area contributed by atoms with Crippen molar-refractivity contribution in [1.82, 2.24) is 0 Å². The molecule has 0 spiro atoms. The summed E-state index contributed by atoms with van der Waals surface area (Å²) >= 11 is 0. The molecule has 0 bridgehead atoms. The Hall–Kier alpha value is -2.86. The molecule has 1 saturated carbocycles. The second kappa shape index (κ2) is 6.83. The predicted octanol–water partition coefficient (Wildman–Crippen LogP) is 4.32. The maximum absolute atomic E-state index is 13.1. The van der Waals surface area contributed by atoms with E-state index >= 15 is 0 Å². The molecule has 0 unspecified atom stereocenters. The molecule has 2 aliphatic carbocycles. The van der Waals surface area contributed by atoms with Crippen LogP contribution in [0.3, 0.4) is 0 Å². The summed E-state index contributed by atoms with van der Waals surface area (Å²) in [7, 11) is 1.60. The summed E-state index contributed by atoms with van der Waals surface area (Å²) in [5.74, 6) is 1.41. The molecule has 1 aromatic heterocycles. The van der Waals surface area contributed by atoms with Crippen LogP contribution >= 0.6 is 0 Å². The molecule has 5 rings (SSSR count). The molecule has 6 heteroatoms. The zero-order valence-electron chi connectivity index (χ0n) is 19.7. The van der Waals surface area contributed by atoms with Crippen molar-refractivity contribution in [3.63, 3.8) is 0 Å². The lowest BCUT2D eigenvalue weighted by molar-refractivity contribution is -0.226. The highest BCUT2D eigenvalue weighted by atomic mass is 16.5. The van der Waals surface area contributed by atoms with E-state index in [1.54, 1.807) is 19.3 Å². The van der Waals surface area contributed by atoms with Crippen molar-refractivity contribution in [1.29, 1.82) is 0 Å². The molecule has 3 aliphatic rings. The van der Waals surface area contributed by atoms with E-state index in [9.17, 15) is 14.7 Å². The zero-order valence-corrected chi connectivity index (χ0v) is 19.7. The van der Waals surface area contributed by atoms with Gasteiger partial charge in [0.1, 0.15) is 22.9 Å². The van der Waals surface area contributed by atoms with E-state index in [2.05, 4.69) is 0 Å². The Bertz CT molecular complexity index is 1220. The molecular weight excluding hydrogens is 420 g/mol. The van der Waals surface area contributed by atoms with E-state index in [-0.39, 0.29) is 11.7 Å². The Morgan fingerprint density at radius 2 is 1.76 bits per heavy atom. The summed E-state index contributed by atoms with van der Waals surface area (Å²) < 4.78 is 17.4. The van der Waals surface area contributed by atoms with Crippen LogP contribution in [0.2, 0.25) is 0 Å². The average Bonchev–Trinajstić information content (AvgIpc) is 2.78. The fraction of sp³-hybridized carbons (Fsp3) is 0.481. The van der Waals surface area contributed by atoms with Crippen LogP contribution in [0.5, 0.6) is 11.5 Å². The van der Waals surface area contributed by atoms with Crippen molar-refractivity contribution < 1.29 is 23.8 Å². The smallest absolute Gasteiger partial charge is 0.343 e. The minimum Gasteiger partial charge on any atom is -0.497 e. The summed E-state index contributed by atoms with van der Waals surface area (Å²) in [5.41, 5.74) is -2.71. The van der Waals surface area contributed by atoms with Crippen molar-refractivity contribution >= 4 is 5.78 Å². The molecule has 174 valence electrons. The van der Waals surface area contributed by atoms with Gasteiger partial charge in [-0.25, -0.2) is 4.79 Å². The third-order valence-electron chi connectivity index (χ3n) is 8.70. The number of aliphatic hydroxyl groups is 1. The van der Waals surface area contributed by atoms with E-state index in [1.807, 2.05) is 58.0 Å². The maximum atomic E-state index is 13.1. The summed E-state index contributed by atoms with van der Waals surface area (Å²) in [6, 6.07) is 9.09. The summed E-state index contributed by atoms with van der Waals surface area (Å²) in [4.78, 5) is 25.7. The SMILES string of the molecule is COc1ccc(-c2cc3c(c(=O)o2)C[C@H]2[C@@](C)(CC[C@@]4(O)C(C)(C)C(=O)C=C[C@]24C)O3)cc1. The van der Waals surface area contributed by atoms with Gasteiger partial charge in [0.05, 0.1) is 23.7 Å². The number of hydrogen-bond donors (Lipinski definition) is 1. The van der Waals surface area contributed by atoms with Crippen molar-refractivity contribution in [2.75, 3.05) is 7.11 Å². The second-order valence-electron chi connectivity index (χ2n) is 10.6. The first kappa shape index (κ1) is 22.0. The highest BCUT2D eigenvalue weighted by Gasteiger charge is 2.69. The molecule has 0 radical (unpaired) electrons. The number of methoxy groups -OCH3 is 1. The number of ketones is 1. The molecule has 0 saturated heterocycles. The molecule has 33 heavy (non-hydrogen) atoms. The van der Waals surface area contributed by atoms with E-state index < -0.39 is 27.7 Å². The van der Waals surface area contributed by atoms with Gasteiger partial charge in [0.15, 0.2) is 5.78 Å². The first-order valence-electron chi connectivity index (χ1n) is 11.4. The zero-order chi connectivity index (χ0) is 23.8. The number of benzene rings is 1. The van der Waals surface area contributed by atoms with Crippen molar-refractivity contribution in [3.8, 4) is 22.8 Å². The third-order valence-corrected chi connectivity index (χ3v) is 8.70. The molecule has 4 atom stereocenters. The summed E-state index contributed by atoms with van der Waals surface area (Å²) in [5, 5.41) is 11.9. The first-order valence-corrected chi connectivity index (χ1v) is 11.4. The monoisotopic (exact) mass is 450 g/mol. The number of fused-ring (bicyclic) bond motifs is 4. The number of rotatable bonds is 2. The lowest BCUT2D eigenvalue weighted by Gasteiger charge is -2.64. The minimum absolute atomic E-state index is 0.0770. The molecule has 1 aliphatic heterocycles. The van der Waals surface area contributed by atoms with Gasteiger partial charge in [0, 0.05) is 23.0 Å². The fourth-order valence-electron chi connectivity index (χ4n) is 6.37. The molecule has 2 heterocycles. The van der Waals surface area contributed by atoms with Gasteiger partial charge < -0.3 is 19.0 Å². The number of carbonyl (C=O) groups is 1. The standard InChI is InChI=1S/C27H30O6/c1-24(2)22(28)10-11-25(3)21-14-18-20(33-26(21,4)12-13-27(24,25)30)15-19(32-23(18)29)16-6-8-17(31-5)9-7-16/h6-11,15,21,30H,12-14H2,1-5H3/t21-,25-,26-,27-/m1/s1. The van der Waals surface area contributed by atoms with E-state index in [0.29, 0.717) is 36.3 Å². The molecule has 0 amide bonds. The molecule has 1 fully saturated rings. The molecule has 2 aromatic rings. The van der Waals surface area contributed by atoms with Gasteiger partial charge in [-0.15, -0.1) is 0 Å². The number of hydrogen-bond acceptors (Lipinski definition) is 6. The Morgan fingerprint density at radius 3 is 2.42 bits per heavy atom. The molecule has 1 N–H and O–H groups in total. The highest BCUT2D eigenvalue weighted by molar-refractivity contribution is 5.96. The van der Waals surface area contributed by atoms with Crippen molar-refractivity contribution in [2.24, 2.45) is 16.7 Å². The van der Waals surface area contributed by atoms with Crippen LogP contribution in [0.25, 0.3) is 11.3 Å². The van der Waals surface area contributed by atoms with Gasteiger partial charge in [-0.1, -0.05) is 13.0 Å². The Balaban J connectivity index is 1.59. The van der Waals surface area contributed by atoms with Gasteiger partial charge >= 0.3 is 5.63 Å². The largest absolute Gasteiger partial charge is 0.497 e. The van der Waals surface area contributed by atoms with Gasteiger partial charge in [-0.3, -0.25) is 4.79 Å². The van der Waals surface area contributed by atoms with Crippen LogP contribution in [0.4, 0.5) is 0 Å². The van der Waals surface area contributed by atoms with Crippen LogP contribution in [0.15, 0.2) is 51.7 Å². The van der Waals surface area contributed by atoms with Crippen molar-refractivity contribution in [3.05, 3.63) is 58.5 Å². The highest BCUT2D eigenvalue weighted by Crippen LogP contribution is 2.63. The van der Waals surface area contributed by atoms with Crippen LogP contribution in [-0.2, 0) is 11.2 Å². The van der Waals surface area contributed by atoms with Crippen molar-refractivity contribution in [2.45, 2.75) is 58.2 Å². The first-order chi connectivity index (χ1) is 15.4. The Labute approximate surface area is 193 Å². The Kier molecular flexibility index (Phi) is 4.54. The third kappa shape index (κ3) is 2.83. The normalized spacial score (nSPS) is 34.0. The van der Waals surface area contributed by atoms with Gasteiger partial charge in [0.2, 0.25) is 0 Å². The predicted molar refractivity (Wildman–Crippen MR) is 123 cm³/mol. The lowest BCUT2D eigenvalue weighted by atomic mass is 9.44. The minimum atomic E-state index is -1.24. The number of allylic oxidation sites excluding steroid dienone is 1. The summed E-state index contributed by atoms with van der Waals surface area (Å²) in [6.45, 7) is 7.66. The van der Waals surface area contributed by atoms with Gasteiger partial charge in [0.25, 0.3) is 0 Å². The topological polar surface area (TPSA) is 86.0 Å².